The van der Waals surface area contributed by atoms with Crippen LogP contribution >= 0.6 is 0 Å². The van der Waals surface area contributed by atoms with Crippen LogP contribution in [-0.4, -0.2) is 14.2 Å². The van der Waals surface area contributed by atoms with Gasteiger partial charge in [-0.25, -0.2) is 8.78 Å². The number of hydrogen-bond donors (Lipinski definition) is 1. The average molecular weight is 277 g/mol. The fourth-order valence-corrected chi connectivity index (χ4v) is 2.28. The molecule has 1 atom stereocenters. The minimum absolute atomic E-state index is 0.0564. The molecule has 2 rings (SSSR count). The van der Waals surface area contributed by atoms with Crippen molar-refractivity contribution in [1.29, 1.82) is 0 Å². The van der Waals surface area contributed by atoms with Gasteiger partial charge in [0.15, 0.2) is 0 Å². The molecule has 0 aromatic heterocycles. The maximum Gasteiger partial charge on any atom is 0.130 e. The van der Waals surface area contributed by atoms with E-state index < -0.39 is 17.7 Å². The number of ether oxygens (including phenoxy) is 1. The molecular weight excluding hydrogens is 260 g/mol. The summed E-state index contributed by atoms with van der Waals surface area (Å²) in [6.07, 6.45) is 0.443. The number of rotatable bonds is 5. The first kappa shape index (κ1) is 14.5. The van der Waals surface area contributed by atoms with Crippen molar-refractivity contribution in [2.45, 2.75) is 12.5 Å². The summed E-state index contributed by atoms with van der Waals surface area (Å²) in [6, 6.07) is 10.9. The molecule has 1 N–H and O–H groups in total. The van der Waals surface area contributed by atoms with Gasteiger partial charge in [0.25, 0.3) is 0 Å². The summed E-state index contributed by atoms with van der Waals surface area (Å²) in [5.41, 5.74) is 0.956. The number of methoxy groups -OCH3 is 1. The van der Waals surface area contributed by atoms with E-state index in [1.54, 1.807) is 14.2 Å². The monoisotopic (exact) mass is 277 g/mol. The van der Waals surface area contributed by atoms with Crippen LogP contribution in [0.5, 0.6) is 5.75 Å². The van der Waals surface area contributed by atoms with Crippen molar-refractivity contribution in [3.8, 4) is 5.75 Å². The minimum Gasteiger partial charge on any atom is -0.496 e. The van der Waals surface area contributed by atoms with Crippen LogP contribution in [0.15, 0.2) is 42.5 Å². The van der Waals surface area contributed by atoms with Crippen LogP contribution in [0.2, 0.25) is 0 Å². The zero-order valence-electron chi connectivity index (χ0n) is 11.5. The van der Waals surface area contributed by atoms with Crippen molar-refractivity contribution >= 4 is 0 Å². The smallest absolute Gasteiger partial charge is 0.130 e. The maximum atomic E-state index is 13.9. The standard InChI is InChI=1S/C16H17F2NO/c1-19-14(16-12(17)7-5-8-13(16)18)10-11-6-3-4-9-15(11)20-2/h3-9,14,19H,10H2,1-2H3. The van der Waals surface area contributed by atoms with Gasteiger partial charge in [0.1, 0.15) is 17.4 Å². The van der Waals surface area contributed by atoms with E-state index in [0.29, 0.717) is 12.2 Å². The predicted molar refractivity (Wildman–Crippen MR) is 74.9 cm³/mol. The molecule has 2 nitrogen and oxygen atoms in total. The van der Waals surface area contributed by atoms with E-state index in [0.717, 1.165) is 5.56 Å². The van der Waals surface area contributed by atoms with Gasteiger partial charge < -0.3 is 10.1 Å². The molecular formula is C16H17F2NO. The molecule has 2 aromatic rings. The highest BCUT2D eigenvalue weighted by atomic mass is 19.1. The van der Waals surface area contributed by atoms with Gasteiger partial charge in [-0.1, -0.05) is 24.3 Å². The van der Waals surface area contributed by atoms with Crippen molar-refractivity contribution in [2.24, 2.45) is 0 Å². The third-order valence-electron chi connectivity index (χ3n) is 3.31. The Morgan fingerprint density at radius 1 is 1.05 bits per heavy atom. The van der Waals surface area contributed by atoms with E-state index in [1.165, 1.54) is 18.2 Å². The second kappa shape index (κ2) is 6.48. The summed E-state index contributed by atoms with van der Waals surface area (Å²) in [5.74, 6) is -0.372. The molecule has 20 heavy (non-hydrogen) atoms. The highest BCUT2D eigenvalue weighted by Crippen LogP contribution is 2.27. The van der Waals surface area contributed by atoms with Crippen LogP contribution in [0.4, 0.5) is 8.78 Å². The van der Waals surface area contributed by atoms with E-state index >= 15 is 0 Å². The maximum absolute atomic E-state index is 13.9. The molecule has 0 fully saturated rings. The molecule has 1 unspecified atom stereocenters. The topological polar surface area (TPSA) is 21.3 Å². The minimum atomic E-state index is -0.542. The number of benzene rings is 2. The Kier molecular flexibility index (Phi) is 4.69. The molecule has 0 saturated carbocycles. The zero-order chi connectivity index (χ0) is 14.5. The molecule has 106 valence electrons. The van der Waals surface area contributed by atoms with Crippen LogP contribution in [-0.2, 0) is 6.42 Å². The quantitative estimate of drug-likeness (QED) is 0.903. The summed E-state index contributed by atoms with van der Waals surface area (Å²) < 4.78 is 33.0. The molecule has 2 aromatic carbocycles. The van der Waals surface area contributed by atoms with Gasteiger partial charge in [-0.3, -0.25) is 0 Å². The van der Waals surface area contributed by atoms with E-state index in [-0.39, 0.29) is 5.56 Å². The third kappa shape index (κ3) is 2.96. The lowest BCUT2D eigenvalue weighted by Crippen LogP contribution is -2.21. The first-order chi connectivity index (χ1) is 9.67. The van der Waals surface area contributed by atoms with Gasteiger partial charge in [0.05, 0.1) is 7.11 Å². The largest absolute Gasteiger partial charge is 0.496 e. The SMILES string of the molecule is CNC(Cc1ccccc1OC)c1c(F)cccc1F. The average Bonchev–Trinajstić information content (AvgIpc) is 2.46. The molecule has 0 bridgehead atoms. The zero-order valence-corrected chi connectivity index (χ0v) is 11.5. The van der Waals surface area contributed by atoms with Gasteiger partial charge in [-0.15, -0.1) is 0 Å². The molecule has 0 aliphatic rings. The molecule has 4 heteroatoms. The van der Waals surface area contributed by atoms with Gasteiger partial charge in [0, 0.05) is 11.6 Å². The Hall–Kier alpha value is -1.94. The Morgan fingerprint density at radius 3 is 2.30 bits per heavy atom. The van der Waals surface area contributed by atoms with E-state index in [9.17, 15) is 8.78 Å². The molecule has 0 spiro atoms. The van der Waals surface area contributed by atoms with Crippen LogP contribution in [0.1, 0.15) is 17.2 Å². The molecule has 0 radical (unpaired) electrons. The lowest BCUT2D eigenvalue weighted by atomic mass is 9.97. The van der Waals surface area contributed by atoms with Crippen molar-refractivity contribution in [1.82, 2.24) is 5.32 Å². The molecule has 0 aliphatic heterocycles. The molecule has 0 heterocycles. The Labute approximate surface area is 117 Å². The number of nitrogens with one attached hydrogen (secondary N) is 1. The number of para-hydroxylation sites is 1. The summed E-state index contributed by atoms with van der Waals surface area (Å²) in [6.45, 7) is 0. The lowest BCUT2D eigenvalue weighted by molar-refractivity contribution is 0.404. The number of halogens is 2. The summed E-state index contributed by atoms with van der Waals surface area (Å²) in [7, 11) is 3.27. The van der Waals surface area contributed by atoms with Crippen molar-refractivity contribution in [3.05, 3.63) is 65.2 Å². The Morgan fingerprint density at radius 2 is 1.70 bits per heavy atom. The van der Waals surface area contributed by atoms with Crippen molar-refractivity contribution in [2.75, 3.05) is 14.2 Å². The van der Waals surface area contributed by atoms with E-state index in [2.05, 4.69) is 5.32 Å². The molecule has 0 amide bonds. The summed E-state index contributed by atoms with van der Waals surface area (Å²) >= 11 is 0. The van der Waals surface area contributed by atoms with Crippen molar-refractivity contribution in [3.63, 3.8) is 0 Å². The fourth-order valence-electron chi connectivity index (χ4n) is 2.28. The summed E-state index contributed by atoms with van der Waals surface area (Å²) in [4.78, 5) is 0. The van der Waals surface area contributed by atoms with Crippen LogP contribution < -0.4 is 10.1 Å². The highest BCUT2D eigenvalue weighted by Gasteiger charge is 2.20. The Balaban J connectivity index is 2.34. The normalized spacial score (nSPS) is 12.2. The van der Waals surface area contributed by atoms with Crippen molar-refractivity contribution < 1.29 is 13.5 Å². The van der Waals surface area contributed by atoms with Gasteiger partial charge in [0.2, 0.25) is 0 Å². The highest BCUT2D eigenvalue weighted by molar-refractivity contribution is 5.35. The molecule has 0 saturated heterocycles. The number of likely N-dealkylation sites (N-methyl/N-ethyl adjacent to an activating group) is 1. The first-order valence-electron chi connectivity index (χ1n) is 6.40. The van der Waals surface area contributed by atoms with E-state index in [4.69, 9.17) is 4.74 Å². The second-order valence-electron chi connectivity index (χ2n) is 4.49. The van der Waals surface area contributed by atoms with Gasteiger partial charge in [-0.2, -0.15) is 0 Å². The van der Waals surface area contributed by atoms with Crippen LogP contribution in [0.3, 0.4) is 0 Å². The van der Waals surface area contributed by atoms with Crippen LogP contribution in [0.25, 0.3) is 0 Å². The van der Waals surface area contributed by atoms with Crippen LogP contribution in [0, 0.1) is 11.6 Å². The third-order valence-corrected chi connectivity index (χ3v) is 3.31. The molecule has 0 aliphatic carbocycles. The van der Waals surface area contributed by atoms with E-state index in [1.807, 2.05) is 24.3 Å². The fraction of sp³-hybridized carbons (Fsp3) is 0.250. The first-order valence-corrected chi connectivity index (χ1v) is 6.40. The number of hydrogen-bond acceptors (Lipinski definition) is 2. The van der Waals surface area contributed by atoms with Gasteiger partial charge >= 0.3 is 0 Å². The van der Waals surface area contributed by atoms with Gasteiger partial charge in [-0.05, 0) is 37.2 Å². The second-order valence-corrected chi connectivity index (χ2v) is 4.49. The Bertz CT molecular complexity index is 566. The predicted octanol–water partition coefficient (Wildman–Crippen LogP) is 3.48. The lowest BCUT2D eigenvalue weighted by Gasteiger charge is -2.19. The summed E-state index contributed by atoms with van der Waals surface area (Å²) in [5, 5.41) is 2.96.